The topological polar surface area (TPSA) is 0 Å². The van der Waals surface area contributed by atoms with Crippen LogP contribution >= 0.6 is 37.9 Å². The first-order valence-electron chi connectivity index (χ1n) is 4.75. The van der Waals surface area contributed by atoms with E-state index in [0.717, 1.165) is 30.1 Å². The Bertz CT molecular complexity index is 260. The number of hydrogen-bond donors (Lipinski definition) is 3. The Balaban J connectivity index is 2.98. The minimum absolute atomic E-state index is 0.813. The lowest BCUT2D eigenvalue weighted by molar-refractivity contribution is 1.05. The Morgan fingerprint density at radius 3 is 1.71 bits per heavy atom. The Labute approximate surface area is 103 Å². The van der Waals surface area contributed by atoms with Gasteiger partial charge < -0.3 is 0 Å². The average molecular weight is 244 g/mol. The highest BCUT2D eigenvalue weighted by atomic mass is 32.1. The molecule has 1 rings (SSSR count). The maximum Gasteiger partial charge on any atom is 0.0159 e. The molecular formula is C11H16S3. The number of aryl methyl sites for hydroxylation is 2. The van der Waals surface area contributed by atoms with Gasteiger partial charge in [-0.3, -0.25) is 0 Å². The first-order valence-corrected chi connectivity index (χ1v) is 6.65. The van der Waals surface area contributed by atoms with Gasteiger partial charge in [0.25, 0.3) is 0 Å². The van der Waals surface area contributed by atoms with Gasteiger partial charge in [0.05, 0.1) is 0 Å². The normalized spacial score (nSPS) is 10.5. The Kier molecular flexibility index (Phi) is 5.90. The van der Waals surface area contributed by atoms with E-state index in [1.54, 1.807) is 0 Å². The van der Waals surface area contributed by atoms with Crippen molar-refractivity contribution in [3.8, 4) is 0 Å². The largest absolute Gasteiger partial charge is 0.179 e. The molecule has 0 aromatic heterocycles. The third-order valence-electron chi connectivity index (χ3n) is 2.29. The molecule has 1 aromatic carbocycles. The molecule has 78 valence electrons. The molecule has 0 spiro atoms. The van der Waals surface area contributed by atoms with Gasteiger partial charge in [0.2, 0.25) is 0 Å². The van der Waals surface area contributed by atoms with Crippen molar-refractivity contribution in [2.75, 3.05) is 11.5 Å². The van der Waals surface area contributed by atoms with Crippen LogP contribution in [0.2, 0.25) is 0 Å². The smallest absolute Gasteiger partial charge is 0.0159 e. The molecule has 0 bridgehead atoms. The molecule has 0 radical (unpaired) electrons. The van der Waals surface area contributed by atoms with Crippen LogP contribution in [0.3, 0.4) is 0 Å². The molecule has 0 saturated heterocycles. The summed E-state index contributed by atoms with van der Waals surface area (Å²) in [4.78, 5) is 0. The molecule has 0 aliphatic rings. The van der Waals surface area contributed by atoms with E-state index in [1.807, 2.05) is 0 Å². The van der Waals surface area contributed by atoms with Crippen molar-refractivity contribution in [1.82, 2.24) is 0 Å². The first kappa shape index (κ1) is 12.3. The highest BCUT2D eigenvalue weighted by Gasteiger charge is 2.05. The van der Waals surface area contributed by atoms with E-state index in [4.69, 9.17) is 0 Å². The van der Waals surface area contributed by atoms with Crippen LogP contribution in [-0.4, -0.2) is 11.5 Å². The highest BCUT2D eigenvalue weighted by molar-refractivity contribution is 7.80. The predicted molar refractivity (Wildman–Crippen MR) is 74.2 cm³/mol. The molecule has 0 aliphatic carbocycles. The lowest BCUT2D eigenvalue weighted by Gasteiger charge is -2.11. The predicted octanol–water partition coefficient (Wildman–Crippen LogP) is 3.06. The van der Waals surface area contributed by atoms with Crippen LogP contribution in [0.4, 0.5) is 0 Å². The maximum absolute atomic E-state index is 4.39. The second kappa shape index (κ2) is 6.70. The van der Waals surface area contributed by atoms with Crippen molar-refractivity contribution in [3.63, 3.8) is 0 Å². The van der Waals surface area contributed by atoms with E-state index in [0.29, 0.717) is 0 Å². The van der Waals surface area contributed by atoms with Crippen molar-refractivity contribution in [2.45, 2.75) is 18.6 Å². The summed E-state index contributed by atoms with van der Waals surface area (Å²) in [6.07, 6.45) is 2.05. The average Bonchev–Trinajstić information content (AvgIpc) is 2.19. The van der Waals surface area contributed by atoms with E-state index in [1.165, 1.54) is 16.7 Å². The molecule has 3 heteroatoms. The summed E-state index contributed by atoms with van der Waals surface area (Å²) < 4.78 is 0. The zero-order valence-electron chi connectivity index (χ0n) is 8.11. The number of hydrogen-bond acceptors (Lipinski definition) is 3. The van der Waals surface area contributed by atoms with Crippen molar-refractivity contribution in [2.24, 2.45) is 0 Å². The van der Waals surface area contributed by atoms with Gasteiger partial charge in [-0.1, -0.05) is 18.2 Å². The molecule has 0 nitrogen and oxygen atoms in total. The summed E-state index contributed by atoms with van der Waals surface area (Å²) in [5.41, 5.74) is 4.14. The molecule has 0 fully saturated rings. The van der Waals surface area contributed by atoms with Crippen LogP contribution in [0.15, 0.2) is 18.2 Å². The number of rotatable bonds is 5. The third-order valence-corrected chi connectivity index (χ3v) is 3.05. The zero-order chi connectivity index (χ0) is 10.4. The molecule has 14 heavy (non-hydrogen) atoms. The molecule has 0 aliphatic heterocycles. The van der Waals surface area contributed by atoms with E-state index in [2.05, 4.69) is 56.1 Å². The quantitative estimate of drug-likeness (QED) is 0.652. The van der Waals surface area contributed by atoms with E-state index in [9.17, 15) is 0 Å². The third kappa shape index (κ3) is 3.14. The summed E-state index contributed by atoms with van der Waals surface area (Å²) in [5, 5.41) is 0. The van der Waals surface area contributed by atoms with Crippen molar-refractivity contribution in [3.05, 3.63) is 34.9 Å². The van der Waals surface area contributed by atoms with E-state index in [-0.39, 0.29) is 0 Å². The fraction of sp³-hybridized carbons (Fsp3) is 0.455. The maximum atomic E-state index is 4.39. The van der Waals surface area contributed by atoms with Crippen LogP contribution in [-0.2, 0) is 18.6 Å². The second-order valence-corrected chi connectivity index (χ2v) is 4.37. The molecular weight excluding hydrogens is 228 g/mol. The molecule has 0 N–H and O–H groups in total. The summed E-state index contributed by atoms with van der Waals surface area (Å²) in [7, 11) is 0. The minimum Gasteiger partial charge on any atom is -0.179 e. The summed E-state index contributed by atoms with van der Waals surface area (Å²) >= 11 is 12.9. The van der Waals surface area contributed by atoms with Crippen LogP contribution < -0.4 is 0 Å². The Morgan fingerprint density at radius 2 is 1.36 bits per heavy atom. The van der Waals surface area contributed by atoms with Crippen LogP contribution in [0.25, 0.3) is 0 Å². The van der Waals surface area contributed by atoms with Gasteiger partial charge in [0.15, 0.2) is 0 Å². The highest BCUT2D eigenvalue weighted by Crippen LogP contribution is 2.19. The summed E-state index contributed by atoms with van der Waals surface area (Å²) in [5.74, 6) is 2.60. The minimum atomic E-state index is 0.813. The van der Waals surface area contributed by atoms with E-state index < -0.39 is 0 Å². The second-order valence-electron chi connectivity index (χ2n) is 3.16. The van der Waals surface area contributed by atoms with Crippen LogP contribution in [0.5, 0.6) is 0 Å². The van der Waals surface area contributed by atoms with Gasteiger partial charge in [0.1, 0.15) is 0 Å². The standard InChI is InChI=1S/C11H16S3/c12-6-4-9-2-1-3-10(5-7-13)11(9)8-14/h1-3,12-14H,4-8H2. The van der Waals surface area contributed by atoms with Gasteiger partial charge in [-0.25, -0.2) is 0 Å². The number of benzene rings is 1. The zero-order valence-corrected chi connectivity index (χ0v) is 10.8. The Morgan fingerprint density at radius 1 is 0.857 bits per heavy atom. The molecule has 0 heterocycles. The monoisotopic (exact) mass is 244 g/mol. The van der Waals surface area contributed by atoms with Crippen LogP contribution in [0.1, 0.15) is 16.7 Å². The first-order chi connectivity index (χ1) is 6.83. The van der Waals surface area contributed by atoms with Gasteiger partial charge in [0, 0.05) is 5.75 Å². The van der Waals surface area contributed by atoms with Crippen molar-refractivity contribution < 1.29 is 0 Å². The lowest BCUT2D eigenvalue weighted by Crippen LogP contribution is -2.00. The van der Waals surface area contributed by atoms with Crippen molar-refractivity contribution in [1.29, 1.82) is 0 Å². The van der Waals surface area contributed by atoms with Gasteiger partial charge >= 0.3 is 0 Å². The SMILES string of the molecule is SCCc1cccc(CCS)c1CS. The van der Waals surface area contributed by atoms with Gasteiger partial charge in [-0.2, -0.15) is 37.9 Å². The van der Waals surface area contributed by atoms with Gasteiger partial charge in [-0.05, 0) is 41.0 Å². The van der Waals surface area contributed by atoms with E-state index >= 15 is 0 Å². The van der Waals surface area contributed by atoms with Crippen LogP contribution in [0, 0.1) is 0 Å². The molecule has 0 unspecified atom stereocenters. The molecule has 1 aromatic rings. The van der Waals surface area contributed by atoms with Gasteiger partial charge in [-0.15, -0.1) is 0 Å². The molecule has 0 amide bonds. The number of thiol groups is 3. The fourth-order valence-corrected chi connectivity index (χ4v) is 2.49. The fourth-order valence-electron chi connectivity index (χ4n) is 1.60. The molecule has 0 atom stereocenters. The van der Waals surface area contributed by atoms with Crippen molar-refractivity contribution >= 4 is 37.9 Å². The Hall–Kier alpha value is 0.270. The molecule has 0 saturated carbocycles. The lowest BCUT2D eigenvalue weighted by atomic mass is 9.99. The summed E-state index contributed by atoms with van der Waals surface area (Å²) in [6.45, 7) is 0. The summed E-state index contributed by atoms with van der Waals surface area (Å²) in [6, 6.07) is 6.46.